The quantitative estimate of drug-likeness (QED) is 0.270. The zero-order chi connectivity index (χ0) is 30.1. The number of hydrogen-bond acceptors (Lipinski definition) is 3. The second-order valence-corrected chi connectivity index (χ2v) is 10.9. The first-order valence-electron chi connectivity index (χ1n) is 13.4. The number of nitrogens with zero attached hydrogens (tertiary/aromatic N) is 1. The van der Waals surface area contributed by atoms with Crippen molar-refractivity contribution < 1.29 is 32.7 Å². The van der Waals surface area contributed by atoms with Crippen molar-refractivity contribution in [2.75, 3.05) is 17.2 Å². The minimum atomic E-state index is -1.28. The molecule has 3 aromatic carbocycles. The third kappa shape index (κ3) is 5.99. The molecule has 2 aliphatic heterocycles. The van der Waals surface area contributed by atoms with Crippen molar-refractivity contribution in [1.82, 2.24) is 4.90 Å². The van der Waals surface area contributed by atoms with Gasteiger partial charge in [-0.05, 0) is 78.4 Å². The van der Waals surface area contributed by atoms with Crippen LogP contribution in [0.2, 0.25) is 5.02 Å². The van der Waals surface area contributed by atoms with Gasteiger partial charge in [0.15, 0.2) is 5.82 Å². The Labute approximate surface area is 245 Å². The molecule has 3 aromatic rings. The number of nitrogens with one attached hydrogen (secondary N) is 2. The van der Waals surface area contributed by atoms with Crippen LogP contribution in [0.1, 0.15) is 49.8 Å². The third-order valence-electron chi connectivity index (χ3n) is 7.65. The lowest BCUT2D eigenvalue weighted by Crippen LogP contribution is -2.37. The van der Waals surface area contributed by atoms with Crippen LogP contribution in [0, 0.1) is 23.4 Å². The lowest BCUT2D eigenvalue weighted by Gasteiger charge is -2.35. The van der Waals surface area contributed by atoms with E-state index in [0.717, 1.165) is 12.1 Å². The second-order valence-electron chi connectivity index (χ2n) is 10.5. The lowest BCUT2D eigenvalue weighted by atomic mass is 9.90. The summed E-state index contributed by atoms with van der Waals surface area (Å²) in [5.41, 5.74) is 1.79. The van der Waals surface area contributed by atoms with Gasteiger partial charge in [-0.1, -0.05) is 31.0 Å². The summed E-state index contributed by atoms with van der Waals surface area (Å²) in [5.74, 6) is -3.50. The van der Waals surface area contributed by atoms with Crippen LogP contribution in [0.25, 0.3) is 16.7 Å². The molecule has 0 aliphatic carbocycles. The van der Waals surface area contributed by atoms with Crippen LogP contribution in [0.3, 0.4) is 0 Å². The summed E-state index contributed by atoms with van der Waals surface area (Å²) < 4.78 is 44.4. The molecule has 0 spiro atoms. The van der Waals surface area contributed by atoms with Gasteiger partial charge in [0.25, 0.3) is 0 Å². The fraction of sp³-hybridized carbons (Fsp3) is 0.258. The summed E-state index contributed by atoms with van der Waals surface area (Å²) >= 11 is 5.86. The molecule has 2 atom stereocenters. The van der Waals surface area contributed by atoms with E-state index in [1.54, 1.807) is 24.0 Å². The number of benzene rings is 3. The highest BCUT2D eigenvalue weighted by Crippen LogP contribution is 2.39. The molecule has 2 bridgehead atoms. The van der Waals surface area contributed by atoms with Gasteiger partial charge in [0.1, 0.15) is 11.6 Å². The van der Waals surface area contributed by atoms with Crippen LogP contribution in [0.15, 0.2) is 54.6 Å². The maximum absolute atomic E-state index is 15.1. The van der Waals surface area contributed by atoms with E-state index in [-0.39, 0.29) is 40.7 Å². The Morgan fingerprint density at radius 1 is 1.07 bits per heavy atom. The van der Waals surface area contributed by atoms with Crippen molar-refractivity contribution in [3.05, 3.63) is 88.2 Å². The SMILES string of the molecule is C[C@@H]1CCC[C@H](N2CCC(c3c(F)ccc(Cl)c3F)=CC2=O)c2cc(F)cc(c2)-c2ccc(NC(=O)O)cc2NC1=O. The molecule has 2 heterocycles. The van der Waals surface area contributed by atoms with Crippen LogP contribution in [-0.4, -0.2) is 34.5 Å². The molecule has 5 rings (SSSR count). The maximum atomic E-state index is 15.1. The molecular formula is C31H27ClF3N3O4. The Kier molecular flexibility index (Phi) is 8.27. The summed E-state index contributed by atoms with van der Waals surface area (Å²) in [6, 6.07) is 10.5. The molecule has 0 unspecified atom stereocenters. The molecule has 2 aliphatic rings. The Morgan fingerprint density at radius 2 is 1.86 bits per heavy atom. The van der Waals surface area contributed by atoms with E-state index in [1.807, 2.05) is 0 Å². The monoisotopic (exact) mass is 597 g/mol. The average molecular weight is 598 g/mol. The van der Waals surface area contributed by atoms with Gasteiger partial charge in [0.2, 0.25) is 11.8 Å². The topological polar surface area (TPSA) is 98.7 Å². The minimum absolute atomic E-state index is 0.128. The Hall–Kier alpha value is -4.31. The van der Waals surface area contributed by atoms with E-state index < -0.39 is 41.4 Å². The summed E-state index contributed by atoms with van der Waals surface area (Å²) in [5, 5.41) is 14.0. The van der Waals surface area contributed by atoms with Gasteiger partial charge in [0.05, 0.1) is 22.3 Å². The minimum Gasteiger partial charge on any atom is -0.465 e. The lowest BCUT2D eigenvalue weighted by molar-refractivity contribution is -0.129. The molecule has 0 aromatic heterocycles. The molecular weight excluding hydrogens is 571 g/mol. The number of hydrogen-bond donors (Lipinski definition) is 3. The number of anilines is 2. The largest absolute Gasteiger partial charge is 0.465 e. The Bertz CT molecular complexity index is 1630. The molecule has 42 heavy (non-hydrogen) atoms. The van der Waals surface area contributed by atoms with Crippen molar-refractivity contribution >= 4 is 46.5 Å². The molecule has 3 amide bonds. The van der Waals surface area contributed by atoms with Gasteiger partial charge in [-0.3, -0.25) is 14.9 Å². The van der Waals surface area contributed by atoms with Crippen LogP contribution in [-0.2, 0) is 9.59 Å². The first-order chi connectivity index (χ1) is 20.0. The highest BCUT2D eigenvalue weighted by atomic mass is 35.5. The van der Waals surface area contributed by atoms with E-state index in [9.17, 15) is 23.2 Å². The molecule has 0 radical (unpaired) electrons. The summed E-state index contributed by atoms with van der Waals surface area (Å²) in [7, 11) is 0. The number of amides is 3. The van der Waals surface area contributed by atoms with Crippen molar-refractivity contribution in [3.8, 4) is 11.1 Å². The smallest absolute Gasteiger partial charge is 0.409 e. The van der Waals surface area contributed by atoms with Crippen molar-refractivity contribution in [1.29, 1.82) is 0 Å². The molecule has 7 nitrogen and oxygen atoms in total. The molecule has 218 valence electrons. The van der Waals surface area contributed by atoms with E-state index in [4.69, 9.17) is 16.7 Å². The van der Waals surface area contributed by atoms with E-state index >= 15 is 4.39 Å². The number of carbonyl (C=O) groups excluding carboxylic acids is 2. The first-order valence-corrected chi connectivity index (χ1v) is 13.8. The molecule has 0 fully saturated rings. The fourth-order valence-electron chi connectivity index (χ4n) is 5.55. The summed E-state index contributed by atoms with van der Waals surface area (Å²) in [6.07, 6.45) is 1.48. The highest BCUT2D eigenvalue weighted by Gasteiger charge is 2.31. The van der Waals surface area contributed by atoms with Gasteiger partial charge >= 0.3 is 6.09 Å². The molecule has 11 heteroatoms. The van der Waals surface area contributed by atoms with Gasteiger partial charge in [-0.2, -0.15) is 0 Å². The van der Waals surface area contributed by atoms with Gasteiger partial charge < -0.3 is 15.3 Å². The predicted molar refractivity (Wildman–Crippen MR) is 154 cm³/mol. The van der Waals surface area contributed by atoms with Crippen LogP contribution in [0.5, 0.6) is 0 Å². The predicted octanol–water partition coefficient (Wildman–Crippen LogP) is 7.63. The number of carboxylic acid groups (broad SMARTS) is 1. The summed E-state index contributed by atoms with van der Waals surface area (Å²) in [6.45, 7) is 1.90. The van der Waals surface area contributed by atoms with E-state index in [2.05, 4.69) is 10.6 Å². The van der Waals surface area contributed by atoms with Crippen molar-refractivity contribution in [2.45, 2.75) is 38.6 Å². The Balaban J connectivity index is 1.56. The van der Waals surface area contributed by atoms with Crippen LogP contribution < -0.4 is 10.6 Å². The van der Waals surface area contributed by atoms with Gasteiger partial charge in [-0.15, -0.1) is 0 Å². The van der Waals surface area contributed by atoms with Crippen LogP contribution >= 0.6 is 11.6 Å². The van der Waals surface area contributed by atoms with Gasteiger partial charge in [0, 0.05) is 29.8 Å². The van der Waals surface area contributed by atoms with Gasteiger partial charge in [-0.25, -0.2) is 18.0 Å². The zero-order valence-electron chi connectivity index (χ0n) is 22.5. The molecule has 3 N–H and O–H groups in total. The van der Waals surface area contributed by atoms with Crippen molar-refractivity contribution in [2.24, 2.45) is 5.92 Å². The maximum Gasteiger partial charge on any atom is 0.409 e. The number of fused-ring (bicyclic) bond motifs is 4. The van der Waals surface area contributed by atoms with Crippen LogP contribution in [0.4, 0.5) is 29.3 Å². The van der Waals surface area contributed by atoms with Crippen molar-refractivity contribution in [3.63, 3.8) is 0 Å². The third-order valence-corrected chi connectivity index (χ3v) is 7.94. The zero-order valence-corrected chi connectivity index (χ0v) is 23.3. The highest BCUT2D eigenvalue weighted by molar-refractivity contribution is 6.31. The standard InChI is InChI=1S/C31H27ClF3N3O4/c1-16-3-2-4-26(38-10-9-17(14-27(38)39)28-24(34)8-7-23(32)29(28)35)19-11-18(12-20(33)13-19)22-6-5-21(36-31(41)42)15-25(22)37-30(16)40/h5-8,11-16,26,36H,2-4,9-10H2,1H3,(H,37,40)(H,41,42)/t16-,26+/m1/s1. The average Bonchev–Trinajstić information content (AvgIpc) is 2.93. The van der Waals surface area contributed by atoms with E-state index in [0.29, 0.717) is 41.6 Å². The number of rotatable bonds is 3. The number of halogens is 4. The normalized spacial score (nSPS) is 19.2. The fourth-order valence-corrected chi connectivity index (χ4v) is 5.71. The van der Waals surface area contributed by atoms with E-state index in [1.165, 1.54) is 30.3 Å². The number of carbonyl (C=O) groups is 3. The molecule has 0 saturated heterocycles. The molecule has 0 saturated carbocycles. The summed E-state index contributed by atoms with van der Waals surface area (Å²) in [4.78, 5) is 39.2. The first kappa shape index (κ1) is 29.2. The second kappa shape index (κ2) is 11.9. The Morgan fingerprint density at radius 3 is 2.60 bits per heavy atom.